The van der Waals surface area contributed by atoms with Crippen molar-refractivity contribution in [3.63, 3.8) is 0 Å². The second kappa shape index (κ2) is 20.6. The van der Waals surface area contributed by atoms with Gasteiger partial charge in [-0.3, -0.25) is 33.1 Å². The summed E-state index contributed by atoms with van der Waals surface area (Å²) in [6.07, 6.45) is 3.81. The molecule has 0 aliphatic carbocycles. The van der Waals surface area contributed by atoms with E-state index < -0.39 is 59.1 Å². The normalized spacial score (nSPS) is 13.4. The van der Waals surface area contributed by atoms with E-state index in [1.807, 2.05) is 32.9 Å². The lowest BCUT2D eigenvalue weighted by Gasteiger charge is -2.28. The largest absolute Gasteiger partial charge is 0.508 e. The lowest BCUT2D eigenvalue weighted by atomic mass is 9.94. The van der Waals surface area contributed by atoms with Crippen LogP contribution in [0.25, 0.3) is 0 Å². The number of aryl methyl sites for hydroxylation is 5. The van der Waals surface area contributed by atoms with Gasteiger partial charge in [0.2, 0.25) is 23.6 Å². The van der Waals surface area contributed by atoms with Crippen LogP contribution in [0.1, 0.15) is 71.0 Å². The molecule has 4 atom stereocenters. The highest BCUT2D eigenvalue weighted by atomic mass is 32.2. The standard InChI is InChI=1S/C37H55N5O8S/c1-22-15-23(2)29(24(3)16-22)20-32(35(46)40-13-10-8-9-11-34(45)50-6)41-33(44)21-42(36(47)30(38)12-14-51(7)49)37(48)31(39)19-28-25(4)17-27(43)18-26(28)5/h15-18,30-32,43H,8-14,19-21,38-39H2,1-7H3,(H,40,46)(H,41,44)/t30-,31-,32+,51?/m1/s1. The van der Waals surface area contributed by atoms with E-state index in [0.717, 1.165) is 22.3 Å². The molecule has 2 aromatic carbocycles. The molecule has 282 valence electrons. The van der Waals surface area contributed by atoms with E-state index in [0.29, 0.717) is 47.4 Å². The third-order valence-corrected chi connectivity index (χ3v) is 9.58. The number of nitrogens with one attached hydrogen (secondary N) is 2. The molecule has 0 fully saturated rings. The Labute approximate surface area is 303 Å². The van der Waals surface area contributed by atoms with Gasteiger partial charge in [-0.2, -0.15) is 0 Å². The first kappa shape index (κ1) is 43.0. The zero-order valence-electron chi connectivity index (χ0n) is 30.9. The van der Waals surface area contributed by atoms with Crippen molar-refractivity contribution in [2.24, 2.45) is 11.5 Å². The number of ether oxygens (including phenoxy) is 1. The van der Waals surface area contributed by atoms with Crippen LogP contribution in [-0.4, -0.2) is 94.1 Å². The number of nitrogens with two attached hydrogens (primary N) is 2. The molecule has 1 unspecified atom stereocenters. The summed E-state index contributed by atoms with van der Waals surface area (Å²) >= 11 is 0. The van der Waals surface area contributed by atoms with E-state index in [9.17, 15) is 33.3 Å². The number of unbranched alkanes of at least 4 members (excludes halogenated alkanes) is 2. The third kappa shape index (κ3) is 13.8. The van der Waals surface area contributed by atoms with Gasteiger partial charge in [0.15, 0.2) is 0 Å². The van der Waals surface area contributed by atoms with Crippen molar-refractivity contribution in [1.29, 1.82) is 0 Å². The highest BCUT2D eigenvalue weighted by Gasteiger charge is 2.33. The maximum atomic E-state index is 13.8. The zero-order chi connectivity index (χ0) is 38.4. The smallest absolute Gasteiger partial charge is 0.305 e. The Morgan fingerprint density at radius 3 is 1.96 bits per heavy atom. The molecular formula is C37H55N5O8S. The summed E-state index contributed by atoms with van der Waals surface area (Å²) in [6.45, 7) is 8.91. The van der Waals surface area contributed by atoms with Crippen LogP contribution in [0.4, 0.5) is 0 Å². The van der Waals surface area contributed by atoms with Crippen molar-refractivity contribution in [2.45, 2.75) is 97.7 Å². The summed E-state index contributed by atoms with van der Waals surface area (Å²) < 4.78 is 16.4. The molecule has 13 nitrogen and oxygen atoms in total. The molecule has 0 radical (unpaired) electrons. The van der Waals surface area contributed by atoms with Crippen molar-refractivity contribution in [2.75, 3.05) is 32.2 Å². The molecule has 2 rings (SSSR count). The first-order valence-corrected chi connectivity index (χ1v) is 18.8. The van der Waals surface area contributed by atoms with Crippen molar-refractivity contribution in [3.8, 4) is 5.75 Å². The van der Waals surface area contributed by atoms with Crippen molar-refractivity contribution >= 4 is 40.4 Å². The van der Waals surface area contributed by atoms with E-state index in [4.69, 9.17) is 11.5 Å². The molecule has 2 aromatic rings. The predicted octanol–water partition coefficient (Wildman–Crippen LogP) is 1.83. The minimum absolute atomic E-state index is 0.00932. The minimum Gasteiger partial charge on any atom is -0.508 e. The zero-order valence-corrected chi connectivity index (χ0v) is 31.7. The Morgan fingerprint density at radius 1 is 0.843 bits per heavy atom. The number of carbonyl (C=O) groups excluding carboxylic acids is 5. The number of benzene rings is 2. The van der Waals surface area contributed by atoms with Crippen LogP contribution in [0.3, 0.4) is 0 Å². The number of imide groups is 1. The average molecular weight is 730 g/mol. The summed E-state index contributed by atoms with van der Waals surface area (Å²) in [6, 6.07) is 3.54. The molecule has 51 heavy (non-hydrogen) atoms. The second-order valence-corrected chi connectivity index (χ2v) is 14.7. The summed E-state index contributed by atoms with van der Waals surface area (Å²) in [5.74, 6) is -3.04. The Balaban J connectivity index is 2.33. The monoisotopic (exact) mass is 729 g/mol. The average Bonchev–Trinajstić information content (AvgIpc) is 3.05. The topological polar surface area (TPSA) is 211 Å². The molecule has 0 aliphatic rings. The predicted molar refractivity (Wildman–Crippen MR) is 197 cm³/mol. The van der Waals surface area contributed by atoms with E-state index >= 15 is 0 Å². The molecule has 0 spiro atoms. The van der Waals surface area contributed by atoms with Crippen molar-refractivity contribution in [1.82, 2.24) is 15.5 Å². The number of methoxy groups -OCH3 is 1. The first-order valence-electron chi connectivity index (χ1n) is 17.1. The fourth-order valence-electron chi connectivity index (χ4n) is 6.02. The number of hydrogen-bond donors (Lipinski definition) is 5. The summed E-state index contributed by atoms with van der Waals surface area (Å²) in [5, 5.41) is 15.5. The maximum absolute atomic E-state index is 13.8. The number of aromatic hydroxyl groups is 1. The van der Waals surface area contributed by atoms with Gasteiger partial charge in [0.1, 0.15) is 18.3 Å². The van der Waals surface area contributed by atoms with E-state index in [1.54, 1.807) is 26.0 Å². The lowest BCUT2D eigenvalue weighted by molar-refractivity contribution is -0.149. The Kier molecular flexibility index (Phi) is 17.4. The maximum Gasteiger partial charge on any atom is 0.305 e. The molecule has 7 N–H and O–H groups in total. The van der Waals surface area contributed by atoms with Gasteiger partial charge in [0.25, 0.3) is 0 Å². The molecule has 0 aromatic heterocycles. The van der Waals surface area contributed by atoms with Gasteiger partial charge in [-0.05, 0) is 106 Å². The molecule has 4 amide bonds. The van der Waals surface area contributed by atoms with E-state index in [-0.39, 0.29) is 43.2 Å². The van der Waals surface area contributed by atoms with Crippen LogP contribution < -0.4 is 22.1 Å². The second-order valence-electron chi connectivity index (χ2n) is 13.2. The summed E-state index contributed by atoms with van der Waals surface area (Å²) in [4.78, 5) is 66.7. The SMILES string of the molecule is COC(=O)CCCCCNC(=O)[C@H](Cc1c(C)cc(C)cc1C)NC(=O)CN(C(=O)[C@H](N)CCS(C)=O)C(=O)[C@H](N)Cc1c(C)cc(O)cc1C. The van der Waals surface area contributed by atoms with Gasteiger partial charge in [-0.15, -0.1) is 0 Å². The summed E-state index contributed by atoms with van der Waals surface area (Å²) in [5.41, 5.74) is 18.4. The molecule has 0 bridgehead atoms. The number of hydrogen-bond acceptors (Lipinski definition) is 10. The highest BCUT2D eigenvalue weighted by Crippen LogP contribution is 2.22. The minimum atomic E-state index is -1.25. The molecule has 0 heterocycles. The van der Waals surface area contributed by atoms with Crippen LogP contribution in [0.15, 0.2) is 24.3 Å². The number of rotatable bonds is 19. The molecule has 0 saturated carbocycles. The summed E-state index contributed by atoms with van der Waals surface area (Å²) in [7, 11) is 0.0797. The number of amides is 4. The fourth-order valence-corrected chi connectivity index (χ4v) is 6.60. The van der Waals surface area contributed by atoms with Gasteiger partial charge in [-0.25, -0.2) is 0 Å². The quantitative estimate of drug-likeness (QED) is 0.105. The molecule has 0 saturated heterocycles. The number of phenols is 1. The van der Waals surface area contributed by atoms with Crippen LogP contribution in [0.2, 0.25) is 0 Å². The van der Waals surface area contributed by atoms with Crippen LogP contribution in [-0.2, 0) is 52.4 Å². The van der Waals surface area contributed by atoms with E-state index in [2.05, 4.69) is 15.4 Å². The molecule has 14 heteroatoms. The van der Waals surface area contributed by atoms with Crippen LogP contribution in [0.5, 0.6) is 5.75 Å². The number of carbonyl (C=O) groups is 5. The number of nitrogens with zero attached hydrogens (tertiary/aromatic N) is 1. The molecular weight excluding hydrogens is 675 g/mol. The van der Waals surface area contributed by atoms with Gasteiger partial charge < -0.3 is 31.9 Å². The Morgan fingerprint density at radius 2 is 1.39 bits per heavy atom. The van der Waals surface area contributed by atoms with Gasteiger partial charge in [0, 0.05) is 42.2 Å². The Hall–Kier alpha value is -4.14. The first-order chi connectivity index (χ1) is 23.9. The van der Waals surface area contributed by atoms with Crippen LogP contribution >= 0.6 is 0 Å². The number of phenolic OH excluding ortho intramolecular Hbond substituents is 1. The van der Waals surface area contributed by atoms with Crippen molar-refractivity contribution in [3.05, 3.63) is 63.2 Å². The van der Waals surface area contributed by atoms with Crippen molar-refractivity contribution < 1.29 is 38.0 Å². The van der Waals surface area contributed by atoms with Gasteiger partial charge in [0.05, 0.1) is 19.2 Å². The number of esters is 1. The lowest BCUT2D eigenvalue weighted by Crippen LogP contribution is -2.57. The molecule has 0 aliphatic heterocycles. The third-order valence-electron chi connectivity index (χ3n) is 8.77. The Bertz CT molecular complexity index is 1550. The van der Waals surface area contributed by atoms with E-state index in [1.165, 1.54) is 13.4 Å². The van der Waals surface area contributed by atoms with Gasteiger partial charge >= 0.3 is 5.97 Å². The van der Waals surface area contributed by atoms with Gasteiger partial charge in [-0.1, -0.05) is 24.1 Å². The fraction of sp³-hybridized carbons (Fsp3) is 0.541. The van der Waals surface area contributed by atoms with Crippen LogP contribution in [0, 0.1) is 34.6 Å². The highest BCUT2D eigenvalue weighted by molar-refractivity contribution is 7.84.